The summed E-state index contributed by atoms with van der Waals surface area (Å²) in [5.41, 5.74) is 0. The molecule has 2 N–H and O–H groups in total. The highest BCUT2D eigenvalue weighted by Crippen LogP contribution is 2.14. The van der Waals surface area contributed by atoms with E-state index in [1.165, 1.54) is 0 Å². The van der Waals surface area contributed by atoms with Gasteiger partial charge in [-0.15, -0.1) is 0 Å². The van der Waals surface area contributed by atoms with Crippen molar-refractivity contribution in [3.8, 4) is 0 Å². The van der Waals surface area contributed by atoms with Crippen molar-refractivity contribution >= 4 is 21.7 Å². The summed E-state index contributed by atoms with van der Waals surface area (Å²) in [6.45, 7) is 6.03. The molecule has 0 fully saturated rings. The van der Waals surface area contributed by atoms with Gasteiger partial charge < -0.3 is 10.4 Å². The molecule has 0 bridgehead atoms. The summed E-state index contributed by atoms with van der Waals surface area (Å²) in [5.74, 6) is 1.79. The van der Waals surface area contributed by atoms with Crippen molar-refractivity contribution in [2.45, 2.75) is 26.8 Å². The summed E-state index contributed by atoms with van der Waals surface area (Å²) in [7, 11) is 0. The molecule has 1 unspecified atom stereocenters. The van der Waals surface area contributed by atoms with Crippen LogP contribution in [0.25, 0.3) is 0 Å². The van der Waals surface area contributed by atoms with E-state index in [-0.39, 0.29) is 12.6 Å². The van der Waals surface area contributed by atoms with Gasteiger partial charge in [0.05, 0.1) is 12.6 Å². The smallest absolute Gasteiger partial charge is 0.131 e. The Morgan fingerprint density at radius 2 is 2.13 bits per heavy atom. The van der Waals surface area contributed by atoms with Gasteiger partial charge in [0.15, 0.2) is 0 Å². The van der Waals surface area contributed by atoms with Gasteiger partial charge in [-0.2, -0.15) is 0 Å². The van der Waals surface area contributed by atoms with Crippen LogP contribution >= 0.6 is 15.9 Å². The first-order chi connectivity index (χ1) is 7.02. The number of nitrogens with zero attached hydrogens (tertiary/aromatic N) is 2. The number of aromatic nitrogens is 2. The average molecular weight is 274 g/mol. The zero-order valence-corrected chi connectivity index (χ0v) is 10.7. The van der Waals surface area contributed by atoms with E-state index in [1.807, 2.05) is 6.92 Å². The number of nitrogens with one attached hydrogen (secondary N) is 1. The van der Waals surface area contributed by atoms with E-state index in [9.17, 15) is 5.11 Å². The number of hydrogen-bond donors (Lipinski definition) is 2. The number of aliphatic hydroxyl groups is 1. The first-order valence-corrected chi connectivity index (χ1v) is 5.70. The minimum Gasteiger partial charge on any atom is -0.394 e. The van der Waals surface area contributed by atoms with Crippen molar-refractivity contribution in [3.63, 3.8) is 0 Å². The molecule has 0 saturated heterocycles. The molecule has 15 heavy (non-hydrogen) atoms. The molecule has 0 amide bonds. The molecule has 1 aromatic rings. The molecule has 4 nitrogen and oxygen atoms in total. The van der Waals surface area contributed by atoms with Gasteiger partial charge in [0.2, 0.25) is 0 Å². The van der Waals surface area contributed by atoms with Crippen LogP contribution in [0.5, 0.6) is 0 Å². The summed E-state index contributed by atoms with van der Waals surface area (Å²) in [5, 5.41) is 12.4. The minimum atomic E-state index is 0.0196. The summed E-state index contributed by atoms with van der Waals surface area (Å²) in [6, 6.07) is 1.82. The van der Waals surface area contributed by atoms with Gasteiger partial charge in [-0.1, -0.05) is 13.8 Å². The highest BCUT2D eigenvalue weighted by molar-refractivity contribution is 9.10. The Morgan fingerprint density at radius 1 is 1.47 bits per heavy atom. The van der Waals surface area contributed by atoms with E-state index in [0.29, 0.717) is 11.7 Å². The van der Waals surface area contributed by atoms with Crippen LogP contribution in [0.2, 0.25) is 0 Å². The molecule has 84 valence electrons. The second kappa shape index (κ2) is 5.42. The first-order valence-electron chi connectivity index (χ1n) is 4.91. The van der Waals surface area contributed by atoms with Gasteiger partial charge in [0.25, 0.3) is 0 Å². The van der Waals surface area contributed by atoms with Gasteiger partial charge in [-0.3, -0.25) is 0 Å². The van der Waals surface area contributed by atoms with Gasteiger partial charge in [0.1, 0.15) is 16.2 Å². The van der Waals surface area contributed by atoms with Crippen molar-refractivity contribution < 1.29 is 5.11 Å². The van der Waals surface area contributed by atoms with E-state index in [2.05, 4.69) is 45.1 Å². The third-order valence-corrected chi connectivity index (χ3v) is 2.55. The van der Waals surface area contributed by atoms with E-state index < -0.39 is 0 Å². The van der Waals surface area contributed by atoms with Crippen molar-refractivity contribution in [1.29, 1.82) is 0 Å². The van der Waals surface area contributed by atoms with E-state index in [4.69, 9.17) is 0 Å². The van der Waals surface area contributed by atoms with Crippen LogP contribution < -0.4 is 5.32 Å². The Kier molecular flexibility index (Phi) is 4.47. The summed E-state index contributed by atoms with van der Waals surface area (Å²) < 4.78 is 0.748. The Balaban J connectivity index is 2.79. The van der Waals surface area contributed by atoms with E-state index >= 15 is 0 Å². The Labute approximate surface area is 98.3 Å². The highest BCUT2D eigenvalue weighted by atomic mass is 79.9. The molecule has 0 aliphatic carbocycles. The molecular formula is C10H16BrN3O. The molecule has 0 aliphatic rings. The molecule has 1 heterocycles. The van der Waals surface area contributed by atoms with Gasteiger partial charge in [-0.25, -0.2) is 9.97 Å². The quantitative estimate of drug-likeness (QED) is 0.824. The van der Waals surface area contributed by atoms with Crippen molar-refractivity contribution in [2.75, 3.05) is 11.9 Å². The van der Waals surface area contributed by atoms with Crippen LogP contribution in [-0.2, 0) is 0 Å². The molecule has 0 aliphatic heterocycles. The van der Waals surface area contributed by atoms with Crippen molar-refractivity contribution in [2.24, 2.45) is 5.92 Å². The van der Waals surface area contributed by atoms with Crippen LogP contribution in [0, 0.1) is 12.8 Å². The number of hydrogen-bond acceptors (Lipinski definition) is 4. The molecule has 0 radical (unpaired) electrons. The fourth-order valence-electron chi connectivity index (χ4n) is 1.22. The van der Waals surface area contributed by atoms with Crippen LogP contribution in [-0.4, -0.2) is 27.7 Å². The highest BCUT2D eigenvalue weighted by Gasteiger charge is 2.12. The van der Waals surface area contributed by atoms with E-state index in [0.717, 1.165) is 10.4 Å². The lowest BCUT2D eigenvalue weighted by atomic mass is 10.1. The lowest BCUT2D eigenvalue weighted by Gasteiger charge is -2.20. The molecule has 0 saturated carbocycles. The largest absolute Gasteiger partial charge is 0.394 e. The predicted octanol–water partition coefficient (Wildman–Crippen LogP) is 1.98. The lowest BCUT2D eigenvalue weighted by molar-refractivity contribution is 0.249. The summed E-state index contributed by atoms with van der Waals surface area (Å²) in [4.78, 5) is 8.36. The van der Waals surface area contributed by atoms with Crippen LogP contribution in [0.4, 0.5) is 5.82 Å². The number of anilines is 1. The van der Waals surface area contributed by atoms with Crippen LogP contribution in [0.15, 0.2) is 10.7 Å². The van der Waals surface area contributed by atoms with Crippen molar-refractivity contribution in [1.82, 2.24) is 9.97 Å². The maximum absolute atomic E-state index is 9.18. The zero-order chi connectivity index (χ0) is 11.4. The maximum atomic E-state index is 9.18. The van der Waals surface area contributed by atoms with Gasteiger partial charge >= 0.3 is 0 Å². The molecule has 0 aromatic carbocycles. The average Bonchev–Trinajstić information content (AvgIpc) is 2.12. The third-order valence-electron chi connectivity index (χ3n) is 2.14. The fraction of sp³-hybridized carbons (Fsp3) is 0.600. The number of rotatable bonds is 4. The Hall–Kier alpha value is -0.680. The standard InChI is InChI=1S/C10H16BrN3O/c1-6(2)8(5-15)14-10-4-9(11)12-7(3)13-10/h4,6,8,15H,5H2,1-3H3,(H,12,13,14). The topological polar surface area (TPSA) is 58.0 Å². The molecule has 5 heteroatoms. The molecule has 0 spiro atoms. The van der Waals surface area contributed by atoms with Crippen molar-refractivity contribution in [3.05, 3.63) is 16.5 Å². The van der Waals surface area contributed by atoms with Crippen LogP contribution in [0.3, 0.4) is 0 Å². The Bertz CT molecular complexity index is 310. The zero-order valence-electron chi connectivity index (χ0n) is 9.16. The Morgan fingerprint density at radius 3 is 2.60 bits per heavy atom. The second-order valence-corrected chi connectivity index (χ2v) is 4.61. The van der Waals surface area contributed by atoms with Gasteiger partial charge in [0, 0.05) is 6.07 Å². The lowest BCUT2D eigenvalue weighted by Crippen LogP contribution is -2.29. The van der Waals surface area contributed by atoms with Gasteiger partial charge in [-0.05, 0) is 28.8 Å². The molecule has 1 aromatic heterocycles. The monoisotopic (exact) mass is 273 g/mol. The molecule has 1 rings (SSSR count). The number of aliphatic hydroxyl groups excluding tert-OH is 1. The molecule has 1 atom stereocenters. The number of halogens is 1. The molecular weight excluding hydrogens is 258 g/mol. The normalized spacial score (nSPS) is 12.9. The summed E-state index contributed by atoms with van der Waals surface area (Å²) in [6.07, 6.45) is 0. The van der Waals surface area contributed by atoms with E-state index in [1.54, 1.807) is 6.07 Å². The number of aryl methyl sites for hydroxylation is 1. The fourth-order valence-corrected chi connectivity index (χ4v) is 1.69. The van der Waals surface area contributed by atoms with Crippen LogP contribution in [0.1, 0.15) is 19.7 Å². The minimum absolute atomic E-state index is 0.0196. The third kappa shape index (κ3) is 3.76. The second-order valence-electron chi connectivity index (χ2n) is 3.80. The first kappa shape index (κ1) is 12.4. The summed E-state index contributed by atoms with van der Waals surface area (Å²) >= 11 is 3.31. The maximum Gasteiger partial charge on any atom is 0.131 e. The SMILES string of the molecule is Cc1nc(Br)cc(NC(CO)C(C)C)n1. The predicted molar refractivity (Wildman–Crippen MR) is 63.8 cm³/mol.